The summed E-state index contributed by atoms with van der Waals surface area (Å²) < 4.78 is 18.3. The number of ether oxygens (including phenoxy) is 1. The molecule has 2 rings (SSSR count). The number of rotatable bonds is 7. The molecular weight excluding hydrogens is 283 g/mol. The molecule has 1 aromatic carbocycles. The summed E-state index contributed by atoms with van der Waals surface area (Å²) in [6.07, 6.45) is 3.57. The third-order valence-corrected chi connectivity index (χ3v) is 4.25. The van der Waals surface area contributed by atoms with Crippen molar-refractivity contribution in [2.75, 3.05) is 26.7 Å². The number of carbonyl (C=O) groups is 1. The third-order valence-electron chi connectivity index (χ3n) is 4.25. The summed E-state index contributed by atoms with van der Waals surface area (Å²) in [4.78, 5) is 11.9. The SMILES string of the molecule is COC(CNC(=O)CCC1CCNCC1)c1ccc(F)cc1. The molecule has 0 aromatic heterocycles. The fraction of sp³-hybridized carbons (Fsp3) is 0.588. The first-order valence-electron chi connectivity index (χ1n) is 7.94. The summed E-state index contributed by atoms with van der Waals surface area (Å²) in [5.74, 6) is 0.439. The fourth-order valence-corrected chi connectivity index (χ4v) is 2.82. The topological polar surface area (TPSA) is 50.4 Å². The zero-order valence-electron chi connectivity index (χ0n) is 13.1. The van der Waals surface area contributed by atoms with Crippen LogP contribution in [0.1, 0.15) is 37.4 Å². The first-order valence-corrected chi connectivity index (χ1v) is 7.94. The van der Waals surface area contributed by atoms with E-state index in [4.69, 9.17) is 4.74 Å². The monoisotopic (exact) mass is 308 g/mol. The van der Waals surface area contributed by atoms with Crippen LogP contribution in [0.5, 0.6) is 0 Å². The Morgan fingerprint density at radius 1 is 1.36 bits per heavy atom. The van der Waals surface area contributed by atoms with Gasteiger partial charge in [0.2, 0.25) is 5.91 Å². The van der Waals surface area contributed by atoms with E-state index >= 15 is 0 Å². The van der Waals surface area contributed by atoms with Gasteiger partial charge in [0, 0.05) is 20.1 Å². The van der Waals surface area contributed by atoms with Crippen molar-refractivity contribution >= 4 is 5.91 Å². The van der Waals surface area contributed by atoms with Gasteiger partial charge in [0.05, 0.1) is 6.10 Å². The molecular formula is C17H25FN2O2. The van der Waals surface area contributed by atoms with E-state index in [1.54, 1.807) is 19.2 Å². The highest BCUT2D eigenvalue weighted by Gasteiger charge is 2.16. The standard InChI is InChI=1S/C17H25FN2O2/c1-22-16(14-3-5-15(18)6-4-14)12-20-17(21)7-2-13-8-10-19-11-9-13/h3-6,13,16,19H,2,7-12H2,1H3,(H,20,21). The molecule has 1 atom stereocenters. The molecule has 0 aliphatic carbocycles. The Morgan fingerprint density at radius 3 is 2.68 bits per heavy atom. The Morgan fingerprint density at radius 2 is 2.05 bits per heavy atom. The van der Waals surface area contributed by atoms with Crippen LogP contribution >= 0.6 is 0 Å². The highest BCUT2D eigenvalue weighted by molar-refractivity contribution is 5.75. The lowest BCUT2D eigenvalue weighted by atomic mass is 9.93. The van der Waals surface area contributed by atoms with Gasteiger partial charge in [-0.1, -0.05) is 12.1 Å². The van der Waals surface area contributed by atoms with Gasteiger partial charge in [-0.05, 0) is 56.0 Å². The molecule has 5 heteroatoms. The van der Waals surface area contributed by atoms with Crippen LogP contribution in [0.15, 0.2) is 24.3 Å². The molecule has 1 saturated heterocycles. The van der Waals surface area contributed by atoms with Crippen molar-refractivity contribution in [1.29, 1.82) is 0 Å². The molecule has 0 spiro atoms. The van der Waals surface area contributed by atoms with Gasteiger partial charge < -0.3 is 15.4 Å². The molecule has 1 aromatic rings. The Balaban J connectivity index is 1.72. The molecule has 0 saturated carbocycles. The number of nitrogens with one attached hydrogen (secondary N) is 2. The minimum atomic E-state index is -0.274. The highest BCUT2D eigenvalue weighted by atomic mass is 19.1. The number of amides is 1. The zero-order chi connectivity index (χ0) is 15.8. The van der Waals surface area contributed by atoms with E-state index in [-0.39, 0.29) is 17.8 Å². The third kappa shape index (κ3) is 5.39. The van der Waals surface area contributed by atoms with Gasteiger partial charge in [-0.2, -0.15) is 0 Å². The van der Waals surface area contributed by atoms with E-state index in [9.17, 15) is 9.18 Å². The first-order chi connectivity index (χ1) is 10.7. The van der Waals surface area contributed by atoms with E-state index in [1.165, 1.54) is 12.1 Å². The van der Waals surface area contributed by atoms with Crippen LogP contribution < -0.4 is 10.6 Å². The molecule has 122 valence electrons. The minimum Gasteiger partial charge on any atom is -0.375 e. The van der Waals surface area contributed by atoms with Gasteiger partial charge in [0.1, 0.15) is 5.82 Å². The van der Waals surface area contributed by atoms with Crippen molar-refractivity contribution in [2.24, 2.45) is 5.92 Å². The van der Waals surface area contributed by atoms with Crippen LogP contribution in [-0.2, 0) is 9.53 Å². The second kappa shape index (κ2) is 8.86. The number of hydrogen-bond donors (Lipinski definition) is 2. The van der Waals surface area contributed by atoms with Gasteiger partial charge in [0.15, 0.2) is 0 Å². The Hall–Kier alpha value is -1.46. The van der Waals surface area contributed by atoms with Crippen LogP contribution in [-0.4, -0.2) is 32.7 Å². The largest absolute Gasteiger partial charge is 0.375 e. The summed E-state index contributed by atoms with van der Waals surface area (Å²) in [5.41, 5.74) is 0.863. The van der Waals surface area contributed by atoms with E-state index in [0.29, 0.717) is 18.9 Å². The number of benzene rings is 1. The Bertz CT molecular complexity index is 458. The van der Waals surface area contributed by atoms with Gasteiger partial charge in [-0.25, -0.2) is 4.39 Å². The second-order valence-corrected chi connectivity index (χ2v) is 5.81. The number of carbonyl (C=O) groups excluding carboxylic acids is 1. The van der Waals surface area contributed by atoms with Gasteiger partial charge in [-0.15, -0.1) is 0 Å². The van der Waals surface area contributed by atoms with Crippen LogP contribution in [0.2, 0.25) is 0 Å². The average molecular weight is 308 g/mol. The van der Waals surface area contributed by atoms with Crippen LogP contribution in [0.4, 0.5) is 4.39 Å². The van der Waals surface area contributed by atoms with E-state index in [1.807, 2.05) is 0 Å². The van der Waals surface area contributed by atoms with Crippen LogP contribution in [0.3, 0.4) is 0 Å². The smallest absolute Gasteiger partial charge is 0.220 e. The Labute approximate surface area is 131 Å². The number of methoxy groups -OCH3 is 1. The van der Waals surface area contributed by atoms with Crippen molar-refractivity contribution in [3.63, 3.8) is 0 Å². The minimum absolute atomic E-state index is 0.0581. The van der Waals surface area contributed by atoms with Crippen LogP contribution in [0.25, 0.3) is 0 Å². The average Bonchev–Trinajstić information content (AvgIpc) is 2.56. The molecule has 4 nitrogen and oxygen atoms in total. The molecule has 22 heavy (non-hydrogen) atoms. The summed E-state index contributed by atoms with van der Waals surface area (Å²) in [6, 6.07) is 6.18. The lowest BCUT2D eigenvalue weighted by molar-refractivity contribution is -0.122. The zero-order valence-corrected chi connectivity index (χ0v) is 13.1. The van der Waals surface area contributed by atoms with Gasteiger partial charge >= 0.3 is 0 Å². The van der Waals surface area contributed by atoms with Crippen molar-refractivity contribution in [3.8, 4) is 0 Å². The number of hydrogen-bond acceptors (Lipinski definition) is 3. The summed E-state index contributed by atoms with van der Waals surface area (Å²) in [7, 11) is 1.59. The normalized spacial score (nSPS) is 17.2. The molecule has 1 aliphatic heterocycles. The highest BCUT2D eigenvalue weighted by Crippen LogP contribution is 2.18. The summed E-state index contributed by atoms with van der Waals surface area (Å²) in [6.45, 7) is 2.53. The quantitative estimate of drug-likeness (QED) is 0.813. The molecule has 1 amide bonds. The maximum Gasteiger partial charge on any atom is 0.220 e. The molecule has 0 radical (unpaired) electrons. The second-order valence-electron chi connectivity index (χ2n) is 5.81. The van der Waals surface area contributed by atoms with E-state index in [2.05, 4.69) is 10.6 Å². The maximum absolute atomic E-state index is 12.9. The van der Waals surface area contributed by atoms with Crippen molar-refractivity contribution < 1.29 is 13.9 Å². The molecule has 1 fully saturated rings. The first kappa shape index (κ1) is 16.9. The summed E-state index contributed by atoms with van der Waals surface area (Å²) in [5, 5.41) is 6.24. The maximum atomic E-state index is 12.9. The van der Waals surface area contributed by atoms with Crippen molar-refractivity contribution in [3.05, 3.63) is 35.6 Å². The predicted octanol–water partition coefficient (Wildman–Crippen LogP) is 2.41. The molecule has 1 unspecified atom stereocenters. The fourth-order valence-electron chi connectivity index (χ4n) is 2.82. The van der Waals surface area contributed by atoms with Gasteiger partial charge in [-0.3, -0.25) is 4.79 Å². The molecule has 1 heterocycles. The lowest BCUT2D eigenvalue weighted by Gasteiger charge is -2.22. The lowest BCUT2D eigenvalue weighted by Crippen LogP contribution is -2.31. The molecule has 2 N–H and O–H groups in total. The summed E-state index contributed by atoms with van der Waals surface area (Å²) >= 11 is 0. The molecule has 1 aliphatic rings. The Kier molecular flexibility index (Phi) is 6.80. The van der Waals surface area contributed by atoms with Crippen molar-refractivity contribution in [2.45, 2.75) is 31.8 Å². The van der Waals surface area contributed by atoms with Crippen molar-refractivity contribution in [1.82, 2.24) is 10.6 Å². The van der Waals surface area contributed by atoms with Gasteiger partial charge in [0.25, 0.3) is 0 Å². The van der Waals surface area contributed by atoms with E-state index < -0.39 is 0 Å². The van der Waals surface area contributed by atoms with Crippen LogP contribution in [0, 0.1) is 11.7 Å². The number of piperidine rings is 1. The van der Waals surface area contributed by atoms with E-state index in [0.717, 1.165) is 37.9 Å². The molecule has 0 bridgehead atoms. The number of halogens is 1. The predicted molar refractivity (Wildman–Crippen MR) is 84.0 cm³/mol.